The summed E-state index contributed by atoms with van der Waals surface area (Å²) in [5.74, 6) is -0.241. The van der Waals surface area contributed by atoms with Crippen molar-refractivity contribution in [1.82, 2.24) is 9.88 Å². The summed E-state index contributed by atoms with van der Waals surface area (Å²) in [7, 11) is 0. The molecule has 0 spiro atoms. The number of pyridine rings is 1. The van der Waals surface area contributed by atoms with Crippen molar-refractivity contribution < 1.29 is 4.79 Å². The number of rotatable bonds is 5. The number of nitrogens with two attached hydrogens (primary N) is 1. The largest absolute Gasteiger partial charge is 0.397 e. The zero-order valence-corrected chi connectivity index (χ0v) is 19.1. The molecule has 1 aliphatic rings. The van der Waals surface area contributed by atoms with Crippen LogP contribution in [0.1, 0.15) is 59.4 Å². The van der Waals surface area contributed by atoms with Gasteiger partial charge in [0.2, 0.25) is 0 Å². The second-order valence-electron chi connectivity index (χ2n) is 8.56. The molecule has 1 saturated heterocycles. The topological polar surface area (TPSA) is 95.0 Å². The summed E-state index contributed by atoms with van der Waals surface area (Å²) in [6.07, 6.45) is 3.73. The van der Waals surface area contributed by atoms with E-state index in [0.717, 1.165) is 29.9 Å². The monoisotopic (exact) mass is 439 g/mol. The Morgan fingerprint density at radius 2 is 1.82 bits per heavy atom. The van der Waals surface area contributed by atoms with Gasteiger partial charge in [0.05, 0.1) is 22.6 Å². The second-order valence-corrected chi connectivity index (χ2v) is 8.56. The lowest BCUT2D eigenvalue weighted by molar-refractivity contribution is 0.102. The first-order valence-corrected chi connectivity index (χ1v) is 11.4. The fourth-order valence-electron chi connectivity index (χ4n) is 4.44. The van der Waals surface area contributed by atoms with Gasteiger partial charge in [0.1, 0.15) is 6.07 Å². The van der Waals surface area contributed by atoms with E-state index in [9.17, 15) is 10.1 Å². The number of hydrogen-bond donors (Lipinski definition) is 2. The molecule has 2 aromatic carbocycles. The van der Waals surface area contributed by atoms with Crippen molar-refractivity contribution in [3.63, 3.8) is 0 Å². The van der Waals surface area contributed by atoms with Crippen LogP contribution in [0.4, 0.5) is 11.4 Å². The minimum absolute atomic E-state index is 0.232. The average Bonchev–Trinajstić information content (AvgIpc) is 2.85. The molecular formula is C27H29N5O. The number of nitriles is 1. The molecule has 3 N–H and O–H groups in total. The third kappa shape index (κ3) is 4.89. The lowest BCUT2D eigenvalue weighted by Gasteiger charge is -2.33. The molecule has 33 heavy (non-hydrogen) atoms. The van der Waals surface area contributed by atoms with E-state index < -0.39 is 0 Å². The number of para-hydroxylation sites is 2. The van der Waals surface area contributed by atoms with Gasteiger partial charge in [-0.1, -0.05) is 30.7 Å². The highest BCUT2D eigenvalue weighted by atomic mass is 16.1. The third-order valence-electron chi connectivity index (χ3n) is 6.39. The molecule has 6 heteroatoms. The molecule has 168 valence electrons. The number of carbonyl (C=O) groups is 1. The number of aryl methyl sites for hydroxylation is 1. The lowest BCUT2D eigenvalue weighted by Crippen LogP contribution is -2.32. The fraction of sp³-hybridized carbons (Fsp3) is 0.296. The zero-order valence-electron chi connectivity index (χ0n) is 19.1. The first kappa shape index (κ1) is 22.5. The molecule has 0 aliphatic carbocycles. The van der Waals surface area contributed by atoms with Crippen molar-refractivity contribution in [1.29, 1.82) is 5.26 Å². The number of anilines is 2. The Hall–Kier alpha value is -3.69. The predicted octanol–water partition coefficient (Wildman–Crippen LogP) is 5.31. The molecule has 0 bridgehead atoms. The highest BCUT2D eigenvalue weighted by Crippen LogP contribution is 2.30. The van der Waals surface area contributed by atoms with E-state index in [1.807, 2.05) is 37.3 Å². The molecule has 0 radical (unpaired) electrons. The lowest BCUT2D eigenvalue weighted by atomic mass is 9.97. The molecule has 1 unspecified atom stereocenters. The molecule has 0 saturated carbocycles. The Labute approximate surface area is 195 Å². The van der Waals surface area contributed by atoms with E-state index in [1.165, 1.54) is 19.3 Å². The Balaban J connectivity index is 1.57. The molecule has 2 heterocycles. The van der Waals surface area contributed by atoms with Gasteiger partial charge in [-0.15, -0.1) is 0 Å². The smallest absolute Gasteiger partial charge is 0.255 e. The van der Waals surface area contributed by atoms with Crippen molar-refractivity contribution in [2.24, 2.45) is 0 Å². The van der Waals surface area contributed by atoms with Crippen LogP contribution in [0.3, 0.4) is 0 Å². The fourth-order valence-corrected chi connectivity index (χ4v) is 4.44. The Morgan fingerprint density at radius 3 is 2.48 bits per heavy atom. The highest BCUT2D eigenvalue weighted by Gasteiger charge is 2.22. The van der Waals surface area contributed by atoms with Gasteiger partial charge < -0.3 is 11.1 Å². The van der Waals surface area contributed by atoms with E-state index in [-0.39, 0.29) is 11.9 Å². The number of nitrogen functional groups attached to an aromatic ring is 1. The van der Waals surface area contributed by atoms with Gasteiger partial charge >= 0.3 is 0 Å². The van der Waals surface area contributed by atoms with Gasteiger partial charge in [0, 0.05) is 22.9 Å². The van der Waals surface area contributed by atoms with Crippen LogP contribution < -0.4 is 11.1 Å². The van der Waals surface area contributed by atoms with Crippen LogP contribution in [0.15, 0.2) is 54.6 Å². The first-order chi connectivity index (χ1) is 16.0. The van der Waals surface area contributed by atoms with Crippen LogP contribution in [-0.4, -0.2) is 28.9 Å². The number of piperidine rings is 1. The maximum absolute atomic E-state index is 12.6. The molecule has 6 nitrogen and oxygen atoms in total. The minimum Gasteiger partial charge on any atom is -0.397 e. The molecule has 1 aromatic heterocycles. The van der Waals surface area contributed by atoms with Crippen molar-refractivity contribution in [2.75, 3.05) is 24.1 Å². The van der Waals surface area contributed by atoms with Crippen molar-refractivity contribution >= 4 is 17.3 Å². The minimum atomic E-state index is -0.241. The van der Waals surface area contributed by atoms with Crippen LogP contribution in [-0.2, 0) is 0 Å². The van der Waals surface area contributed by atoms with Crippen molar-refractivity contribution in [3.8, 4) is 17.3 Å². The summed E-state index contributed by atoms with van der Waals surface area (Å²) in [5.41, 5.74) is 11.6. The molecule has 1 aliphatic heterocycles. The van der Waals surface area contributed by atoms with Gasteiger partial charge in [-0.25, -0.2) is 0 Å². The summed E-state index contributed by atoms with van der Waals surface area (Å²) < 4.78 is 0. The van der Waals surface area contributed by atoms with Gasteiger partial charge in [0.15, 0.2) is 0 Å². The van der Waals surface area contributed by atoms with E-state index in [1.54, 1.807) is 24.3 Å². The van der Waals surface area contributed by atoms with Crippen molar-refractivity contribution in [2.45, 2.75) is 39.2 Å². The third-order valence-corrected chi connectivity index (χ3v) is 6.39. The van der Waals surface area contributed by atoms with Gasteiger partial charge in [0.25, 0.3) is 5.91 Å². The average molecular weight is 440 g/mol. The summed E-state index contributed by atoms with van der Waals surface area (Å²) in [6, 6.07) is 18.8. The molecule has 1 fully saturated rings. The van der Waals surface area contributed by atoms with Crippen LogP contribution in [0, 0.1) is 18.3 Å². The van der Waals surface area contributed by atoms with Crippen LogP contribution in [0.5, 0.6) is 0 Å². The highest BCUT2D eigenvalue weighted by molar-refractivity contribution is 6.05. The Kier molecular flexibility index (Phi) is 6.71. The summed E-state index contributed by atoms with van der Waals surface area (Å²) in [4.78, 5) is 19.9. The number of aromatic nitrogens is 1. The van der Waals surface area contributed by atoms with Crippen LogP contribution in [0.2, 0.25) is 0 Å². The maximum atomic E-state index is 12.6. The summed E-state index contributed by atoms with van der Waals surface area (Å²) in [6.45, 7) is 6.38. The van der Waals surface area contributed by atoms with Gasteiger partial charge in [-0.05, 0) is 75.7 Å². The number of nitrogens with one attached hydrogen (secondary N) is 1. The van der Waals surface area contributed by atoms with Gasteiger partial charge in [-0.3, -0.25) is 14.7 Å². The maximum Gasteiger partial charge on any atom is 0.255 e. The predicted molar refractivity (Wildman–Crippen MR) is 132 cm³/mol. The zero-order chi connectivity index (χ0) is 23.4. The van der Waals surface area contributed by atoms with Gasteiger partial charge in [-0.2, -0.15) is 5.26 Å². The van der Waals surface area contributed by atoms with E-state index in [2.05, 4.69) is 23.2 Å². The number of amides is 1. The number of carbonyl (C=O) groups excluding carboxylic acids is 1. The summed E-state index contributed by atoms with van der Waals surface area (Å²) in [5, 5.41) is 12.7. The molecule has 4 rings (SSSR count). The second kappa shape index (κ2) is 9.85. The number of hydrogen-bond acceptors (Lipinski definition) is 5. The number of benzene rings is 2. The van der Waals surface area contributed by atoms with Crippen LogP contribution in [0.25, 0.3) is 11.3 Å². The van der Waals surface area contributed by atoms with E-state index in [4.69, 9.17) is 10.7 Å². The van der Waals surface area contributed by atoms with Crippen LogP contribution >= 0.6 is 0 Å². The molecule has 1 atom stereocenters. The Morgan fingerprint density at radius 1 is 1.12 bits per heavy atom. The number of likely N-dealkylation sites (tertiary alicyclic amines) is 1. The molecule has 1 amide bonds. The quantitative estimate of drug-likeness (QED) is 0.525. The van der Waals surface area contributed by atoms with Crippen molar-refractivity contribution in [3.05, 3.63) is 77.0 Å². The molecule has 3 aromatic rings. The van der Waals surface area contributed by atoms with E-state index in [0.29, 0.717) is 28.2 Å². The summed E-state index contributed by atoms with van der Waals surface area (Å²) >= 11 is 0. The first-order valence-electron chi connectivity index (χ1n) is 11.4. The van der Waals surface area contributed by atoms with E-state index >= 15 is 0 Å². The molecular weight excluding hydrogens is 410 g/mol. The Bertz CT molecular complexity index is 1190. The normalized spacial score (nSPS) is 14.9. The standard InChI is InChI=1S/C27H29N5O/c1-18-23(19(2)32-14-6-3-7-15-32)16-22(17-28)26(30-18)20-10-12-21(13-11-20)27(33)31-25-9-5-4-8-24(25)29/h4-5,8-13,16,19H,3,6-7,14-15,29H2,1-2H3,(H,31,33). The number of nitrogens with zero attached hydrogens (tertiary/aromatic N) is 3. The SMILES string of the molecule is Cc1nc(-c2ccc(C(=O)Nc3ccccc3N)cc2)c(C#N)cc1C(C)N1CCCCC1.